The highest BCUT2D eigenvalue weighted by atomic mass is 19.4. The van der Waals surface area contributed by atoms with Gasteiger partial charge in [0.1, 0.15) is 6.04 Å². The van der Waals surface area contributed by atoms with E-state index in [1.165, 1.54) is 0 Å². The normalized spacial score (nSPS) is 43.0. The lowest BCUT2D eigenvalue weighted by Crippen LogP contribution is -2.62. The summed E-state index contributed by atoms with van der Waals surface area (Å²) in [5.41, 5.74) is 11.5. The van der Waals surface area contributed by atoms with Crippen LogP contribution in [0, 0.1) is 35.5 Å². The summed E-state index contributed by atoms with van der Waals surface area (Å²) in [5, 5.41) is 17.8. The zero-order chi connectivity index (χ0) is 22.9. The number of hydrogen-bond acceptors (Lipinski definition) is 5. The molecule has 0 aromatic rings. The Bertz CT molecular complexity index is 775. The van der Waals surface area contributed by atoms with Gasteiger partial charge in [-0.1, -0.05) is 0 Å². The molecule has 0 spiro atoms. The topological polar surface area (TPSA) is 147 Å². The Hall–Kier alpha value is -1.88. The third-order valence-electron chi connectivity index (χ3n) is 7.98. The van der Waals surface area contributed by atoms with E-state index in [1.807, 2.05) is 0 Å². The lowest BCUT2D eigenvalue weighted by atomic mass is 9.49. The number of piperidine rings is 1. The fourth-order valence-electron chi connectivity index (χ4n) is 7.02. The molecule has 6 N–H and O–H groups in total. The van der Waals surface area contributed by atoms with Crippen LogP contribution in [0.15, 0.2) is 0 Å². The van der Waals surface area contributed by atoms with Gasteiger partial charge >= 0.3 is 12.1 Å². The van der Waals surface area contributed by atoms with Crippen molar-refractivity contribution in [3.63, 3.8) is 0 Å². The zero-order valence-electron chi connectivity index (χ0n) is 16.9. The molecule has 6 aliphatic rings. The molecule has 6 unspecified atom stereocenters. The molecular formula is C20H28F3N3O5. The summed E-state index contributed by atoms with van der Waals surface area (Å²) in [5.74, 6) is -1.07. The van der Waals surface area contributed by atoms with Gasteiger partial charge in [-0.25, -0.2) is 4.79 Å². The van der Waals surface area contributed by atoms with Gasteiger partial charge in [-0.05, 0) is 74.0 Å². The first kappa shape index (κ1) is 22.3. The van der Waals surface area contributed by atoms with Gasteiger partial charge in [0.2, 0.25) is 11.8 Å². The molecule has 5 saturated carbocycles. The van der Waals surface area contributed by atoms with Gasteiger partial charge in [0, 0.05) is 6.54 Å². The number of likely N-dealkylation sites (tertiary alicyclic amines) is 1. The summed E-state index contributed by atoms with van der Waals surface area (Å²) in [6.45, 7) is 0.638. The Labute approximate surface area is 177 Å². The number of carboxylic acids is 1. The van der Waals surface area contributed by atoms with Crippen LogP contribution in [0.1, 0.15) is 38.5 Å². The second-order valence-corrected chi connectivity index (χ2v) is 10.1. The minimum atomic E-state index is -5.08. The van der Waals surface area contributed by atoms with E-state index < -0.39 is 29.8 Å². The Kier molecular flexibility index (Phi) is 5.28. The monoisotopic (exact) mass is 447 g/mol. The van der Waals surface area contributed by atoms with E-state index in [0.717, 1.165) is 38.5 Å². The van der Waals surface area contributed by atoms with Gasteiger partial charge in [0.05, 0.1) is 11.6 Å². The molecule has 0 radical (unpaired) electrons. The molecule has 174 valence electrons. The van der Waals surface area contributed by atoms with Crippen LogP contribution < -0.4 is 11.5 Å². The molecule has 8 nitrogen and oxygen atoms in total. The van der Waals surface area contributed by atoms with Crippen molar-refractivity contribution < 1.29 is 37.8 Å². The fourth-order valence-corrected chi connectivity index (χ4v) is 7.02. The van der Waals surface area contributed by atoms with Crippen LogP contribution in [0.3, 0.4) is 0 Å². The maximum atomic E-state index is 13.1. The molecule has 11 heteroatoms. The number of rotatable bonds is 3. The number of hydrogen-bond donors (Lipinski definition) is 4. The maximum absolute atomic E-state index is 13.1. The summed E-state index contributed by atoms with van der Waals surface area (Å²) in [6, 6.07) is -1.00. The van der Waals surface area contributed by atoms with Gasteiger partial charge in [0.25, 0.3) is 0 Å². The zero-order valence-corrected chi connectivity index (χ0v) is 16.9. The number of primary amides is 1. The van der Waals surface area contributed by atoms with E-state index >= 15 is 0 Å². The number of carbonyl (C=O) groups excluding carboxylic acids is 2. The summed E-state index contributed by atoms with van der Waals surface area (Å²) < 4.78 is 31.7. The number of halogens is 3. The van der Waals surface area contributed by atoms with Crippen molar-refractivity contribution in [2.45, 2.75) is 62.4 Å². The van der Waals surface area contributed by atoms with Crippen molar-refractivity contribution >= 4 is 17.8 Å². The molecule has 6 atom stereocenters. The summed E-state index contributed by atoms with van der Waals surface area (Å²) in [4.78, 5) is 35.4. The molecule has 1 aliphatic heterocycles. The summed E-state index contributed by atoms with van der Waals surface area (Å²) in [7, 11) is 0. The molecule has 5 aliphatic carbocycles. The smallest absolute Gasteiger partial charge is 0.475 e. The highest BCUT2D eigenvalue weighted by Crippen LogP contribution is 2.59. The Balaban J connectivity index is 0.000000289. The predicted molar refractivity (Wildman–Crippen MR) is 100.0 cm³/mol. The van der Waals surface area contributed by atoms with Gasteiger partial charge in [0.15, 0.2) is 0 Å². The second kappa shape index (κ2) is 7.33. The van der Waals surface area contributed by atoms with Gasteiger partial charge in [-0.15, -0.1) is 0 Å². The Morgan fingerprint density at radius 3 is 2.03 bits per heavy atom. The Morgan fingerprint density at radius 1 is 1.03 bits per heavy atom. The molecule has 4 bridgehead atoms. The molecule has 1 heterocycles. The van der Waals surface area contributed by atoms with Crippen LogP contribution in [0.2, 0.25) is 0 Å². The van der Waals surface area contributed by atoms with Gasteiger partial charge < -0.3 is 26.6 Å². The van der Waals surface area contributed by atoms with E-state index in [4.69, 9.17) is 21.4 Å². The maximum Gasteiger partial charge on any atom is 0.490 e. The van der Waals surface area contributed by atoms with Crippen LogP contribution in [-0.2, 0) is 14.4 Å². The van der Waals surface area contributed by atoms with Crippen molar-refractivity contribution in [3.8, 4) is 0 Å². The first-order valence-electron chi connectivity index (χ1n) is 10.7. The molecule has 2 amide bonds. The van der Waals surface area contributed by atoms with E-state index in [9.17, 15) is 27.9 Å². The molecule has 0 aromatic heterocycles. The van der Waals surface area contributed by atoms with E-state index in [2.05, 4.69) is 0 Å². The van der Waals surface area contributed by atoms with Gasteiger partial charge in [-0.2, -0.15) is 13.2 Å². The molecule has 6 fully saturated rings. The highest BCUT2D eigenvalue weighted by Gasteiger charge is 2.60. The second-order valence-electron chi connectivity index (χ2n) is 10.1. The van der Waals surface area contributed by atoms with Crippen molar-refractivity contribution in [1.82, 2.24) is 4.90 Å². The largest absolute Gasteiger partial charge is 0.490 e. The number of nitrogens with zero attached hydrogens (tertiary/aromatic N) is 1. The van der Waals surface area contributed by atoms with Crippen molar-refractivity contribution in [1.29, 1.82) is 0 Å². The van der Waals surface area contributed by atoms with Crippen LogP contribution in [0.4, 0.5) is 13.2 Å². The first-order valence-corrected chi connectivity index (χ1v) is 10.7. The van der Waals surface area contributed by atoms with Crippen molar-refractivity contribution in [3.05, 3.63) is 0 Å². The average molecular weight is 447 g/mol. The summed E-state index contributed by atoms with van der Waals surface area (Å²) >= 11 is 0. The number of aliphatic hydroxyl groups is 1. The van der Waals surface area contributed by atoms with Crippen molar-refractivity contribution in [2.24, 2.45) is 47.0 Å². The third-order valence-corrected chi connectivity index (χ3v) is 7.98. The molecular weight excluding hydrogens is 419 g/mol. The lowest BCUT2D eigenvalue weighted by Gasteiger charge is -2.59. The number of carboxylic acid groups (broad SMARTS) is 1. The van der Waals surface area contributed by atoms with Crippen molar-refractivity contribution in [2.75, 3.05) is 6.54 Å². The van der Waals surface area contributed by atoms with Crippen LogP contribution in [-0.4, -0.2) is 63.3 Å². The SMILES string of the molecule is NC(=O)C1C2CC2CN1C(=O)C(N)C1C2CC3CC1CC(O)(C3)C2.O=C(O)C(F)(F)F. The van der Waals surface area contributed by atoms with E-state index in [-0.39, 0.29) is 23.7 Å². The van der Waals surface area contributed by atoms with E-state index in [0.29, 0.717) is 30.2 Å². The fraction of sp³-hybridized carbons (Fsp3) is 0.850. The first-order chi connectivity index (χ1) is 14.3. The highest BCUT2D eigenvalue weighted by molar-refractivity contribution is 5.90. The molecule has 31 heavy (non-hydrogen) atoms. The minimum absolute atomic E-state index is 0.0875. The van der Waals surface area contributed by atoms with Gasteiger partial charge in [-0.3, -0.25) is 9.59 Å². The number of alkyl halides is 3. The molecule has 6 rings (SSSR count). The van der Waals surface area contributed by atoms with Crippen LogP contribution >= 0.6 is 0 Å². The predicted octanol–water partition coefficient (Wildman–Crippen LogP) is 0.466. The number of fused-ring (bicyclic) bond motifs is 1. The van der Waals surface area contributed by atoms with E-state index in [1.54, 1.807) is 4.90 Å². The average Bonchev–Trinajstić information content (AvgIpc) is 3.27. The number of aliphatic carboxylic acids is 1. The molecule has 1 saturated heterocycles. The number of nitrogens with two attached hydrogens (primary N) is 2. The number of amides is 2. The third kappa shape index (κ3) is 4.02. The van der Waals surface area contributed by atoms with Crippen LogP contribution in [0.25, 0.3) is 0 Å². The minimum Gasteiger partial charge on any atom is -0.475 e. The van der Waals surface area contributed by atoms with Crippen LogP contribution in [0.5, 0.6) is 0 Å². The standard InChI is InChI=1S/C18H27N3O3.C2HF3O2/c19-14(17(23)21-7-11-3-12(11)15(21)16(20)22)13-9-1-8-2-10(13)6-18(24,4-8)5-9;3-2(4,5)1(6)7/h8-15,24H,1-7,19H2,(H2,20,22);(H,6,7). The summed E-state index contributed by atoms with van der Waals surface area (Å²) in [6.07, 6.45) is 0.612. The molecule has 0 aromatic carbocycles. The quantitative estimate of drug-likeness (QED) is 0.494. The Morgan fingerprint density at radius 2 is 1.58 bits per heavy atom. The number of carbonyl (C=O) groups is 3. The lowest BCUT2D eigenvalue weighted by molar-refractivity contribution is -0.192.